The number of rotatable bonds is 6. The van der Waals surface area contributed by atoms with Gasteiger partial charge in [0.05, 0.1) is 22.4 Å². The molecule has 0 amide bonds. The first-order chi connectivity index (χ1) is 28.4. The molecule has 0 saturated heterocycles. The van der Waals surface area contributed by atoms with Crippen molar-refractivity contribution < 1.29 is 20.4 Å². The molecule has 0 aliphatic carbocycles. The van der Waals surface area contributed by atoms with Gasteiger partial charge in [-0.1, -0.05) is 140 Å². The van der Waals surface area contributed by atoms with Gasteiger partial charge in [0.15, 0.2) is 0 Å². The van der Waals surface area contributed by atoms with E-state index in [1.54, 1.807) is 0 Å². The van der Waals surface area contributed by atoms with Crippen molar-refractivity contribution in [2.75, 3.05) is 0 Å². The Bertz CT molecular complexity index is 3170. The van der Waals surface area contributed by atoms with E-state index >= 15 is 0 Å². The van der Waals surface area contributed by atoms with Crippen LogP contribution in [0.3, 0.4) is 0 Å². The fourth-order valence-corrected chi connectivity index (χ4v) is 15.5. The molecule has 7 aromatic carbocycles. The summed E-state index contributed by atoms with van der Waals surface area (Å²) in [6.45, 7) is 4.72. The number of fused-ring (bicyclic) bond motifs is 7. The number of para-hydroxylation sites is 3. The molecule has 0 atom stereocenters. The minimum Gasteiger partial charge on any atom is -0.367 e. The molecule has 0 saturated carbocycles. The number of pyridine rings is 1. The summed E-state index contributed by atoms with van der Waals surface area (Å²) >= 11 is 1.83. The second-order valence-corrected chi connectivity index (χ2v) is 20.5. The summed E-state index contributed by atoms with van der Waals surface area (Å²) in [7, 11) is -0.977. The van der Waals surface area contributed by atoms with Gasteiger partial charge in [-0.2, -0.15) is 23.4 Å². The molecule has 0 unspecified atom stereocenters. The van der Waals surface area contributed by atoms with E-state index in [1.807, 2.05) is 17.8 Å². The second kappa shape index (κ2) is 14.5. The third-order valence-corrected chi connectivity index (χ3v) is 17.8. The Morgan fingerprint density at radius 2 is 1.24 bits per heavy atom. The first-order valence-corrected chi connectivity index (χ1v) is 22.5. The van der Waals surface area contributed by atoms with Gasteiger partial charge < -0.3 is 9.13 Å². The van der Waals surface area contributed by atoms with Crippen LogP contribution in [0.25, 0.3) is 50.0 Å². The zero-order valence-corrected chi connectivity index (χ0v) is 36.1. The maximum Gasteiger partial charge on any atom is 2.00 e. The fraction of sp³-hybridized carbons (Fsp3) is 0.0769. The van der Waals surface area contributed by atoms with Crippen LogP contribution in [0.15, 0.2) is 186 Å². The topological polar surface area (TPSA) is 35.6 Å². The van der Waals surface area contributed by atoms with E-state index in [1.165, 1.54) is 42.1 Å². The van der Waals surface area contributed by atoms with E-state index < -0.39 is 8.07 Å². The Hall–Kier alpha value is -5.81. The second-order valence-electron chi connectivity index (χ2n) is 15.7. The third-order valence-electron chi connectivity index (χ3n) is 12.1. The van der Waals surface area contributed by atoms with Crippen molar-refractivity contribution in [3.8, 4) is 17.1 Å². The van der Waals surface area contributed by atoms with E-state index in [0.29, 0.717) is 0 Å². The standard InChI is InChI=1S/C52H38N4SSi.Pd/c1-52(2)42-27-11-15-31-46(42)57-47-34-53-51-48(49(47)52)41-26-10-13-29-44(41)56(51)36-19-17-25-40(33-36)58(37-20-6-4-7-21-37,38-22-8-5-9-23-38)39-24-16-18-35(32-39)50-54-43-28-12-14-30-45(43)55(50)3;/h4-31,34H,1-3H3;/q-2;+2. The van der Waals surface area contributed by atoms with E-state index in [9.17, 15) is 0 Å². The van der Waals surface area contributed by atoms with Gasteiger partial charge in [0.25, 0.3) is 0 Å². The Kier molecular flexibility index (Phi) is 9.19. The zero-order valence-electron chi connectivity index (χ0n) is 32.8. The van der Waals surface area contributed by atoms with E-state index in [0.717, 1.165) is 49.6 Å². The number of nitrogens with zero attached hydrogens (tertiary/aromatic N) is 4. The molecule has 0 fully saturated rings. The average molecular weight is 885 g/mol. The van der Waals surface area contributed by atoms with Crippen LogP contribution in [0.5, 0.6) is 0 Å². The Labute approximate surface area is 363 Å². The summed E-state index contributed by atoms with van der Waals surface area (Å²) in [5.41, 5.74) is 8.53. The van der Waals surface area contributed by atoms with Crippen molar-refractivity contribution in [1.29, 1.82) is 0 Å². The molecule has 0 radical (unpaired) electrons. The maximum absolute atomic E-state index is 5.30. The van der Waals surface area contributed by atoms with Crippen molar-refractivity contribution >= 4 is 73.6 Å². The van der Waals surface area contributed by atoms with E-state index in [-0.39, 0.29) is 25.8 Å². The summed E-state index contributed by atoms with van der Waals surface area (Å²) in [6, 6.07) is 69.3. The fourth-order valence-electron chi connectivity index (χ4n) is 9.49. The minimum absolute atomic E-state index is 0. The summed E-state index contributed by atoms with van der Waals surface area (Å²) in [5, 5.41) is 7.23. The van der Waals surface area contributed by atoms with Crippen LogP contribution in [0.4, 0.5) is 0 Å². The SMILES string of the molecule is Cn1c(-c2[c-]c([Si](c3[c-]c(-n4c5ccccc5c5c6c(cnc54)Sc4ccccc4C6(C)C)ccc3)(c3ccccc3)c3ccccc3)ccc2)nc2ccccc21.[Pd+2]. The van der Waals surface area contributed by atoms with Crippen LogP contribution in [0.1, 0.15) is 25.0 Å². The monoisotopic (exact) mass is 884 g/mol. The van der Waals surface area contributed by atoms with Gasteiger partial charge in [0.1, 0.15) is 13.7 Å². The number of aryl methyl sites for hydroxylation is 1. The molecule has 286 valence electrons. The summed E-state index contributed by atoms with van der Waals surface area (Å²) in [5.74, 6) is 0.896. The van der Waals surface area contributed by atoms with Gasteiger partial charge in [-0.05, 0) is 45.8 Å². The van der Waals surface area contributed by atoms with E-state index in [4.69, 9.17) is 9.97 Å². The van der Waals surface area contributed by atoms with Gasteiger partial charge in [0.2, 0.25) is 0 Å². The van der Waals surface area contributed by atoms with Crippen molar-refractivity contribution in [2.45, 2.75) is 29.1 Å². The molecule has 3 aromatic heterocycles. The van der Waals surface area contributed by atoms with Gasteiger partial charge in [0, 0.05) is 39.2 Å². The van der Waals surface area contributed by atoms with Crippen LogP contribution in [0.2, 0.25) is 0 Å². The Balaban J connectivity index is 0.00000420. The number of hydrogen-bond donors (Lipinski definition) is 0. The normalized spacial score (nSPS) is 13.3. The smallest absolute Gasteiger partial charge is 0.367 e. The molecule has 0 bridgehead atoms. The molecule has 1 aliphatic heterocycles. The van der Waals surface area contributed by atoms with Gasteiger partial charge in [-0.15, -0.1) is 41.1 Å². The van der Waals surface area contributed by atoms with Crippen molar-refractivity contribution in [3.63, 3.8) is 0 Å². The molecule has 4 heterocycles. The predicted molar refractivity (Wildman–Crippen MR) is 242 cm³/mol. The predicted octanol–water partition coefficient (Wildman–Crippen LogP) is 9.50. The van der Waals surface area contributed by atoms with Gasteiger partial charge >= 0.3 is 20.4 Å². The van der Waals surface area contributed by atoms with Crippen molar-refractivity contribution in [1.82, 2.24) is 19.1 Å². The van der Waals surface area contributed by atoms with Gasteiger partial charge in [-0.3, -0.25) is 4.98 Å². The molecule has 7 heteroatoms. The first-order valence-electron chi connectivity index (χ1n) is 19.7. The van der Waals surface area contributed by atoms with Crippen LogP contribution < -0.4 is 20.7 Å². The summed E-state index contributed by atoms with van der Waals surface area (Å²) < 4.78 is 4.52. The molecular weight excluding hydrogens is 847 g/mol. The molecule has 4 nitrogen and oxygen atoms in total. The zero-order chi connectivity index (χ0) is 39.0. The molecular formula is C52H38N4PdSSi. The molecule has 10 aromatic rings. The van der Waals surface area contributed by atoms with Crippen LogP contribution in [-0.2, 0) is 32.9 Å². The average Bonchev–Trinajstić information content (AvgIpc) is 3.79. The summed E-state index contributed by atoms with van der Waals surface area (Å²) in [4.78, 5) is 12.9. The minimum atomic E-state index is -3.07. The molecule has 0 spiro atoms. The molecule has 1 aliphatic rings. The summed E-state index contributed by atoms with van der Waals surface area (Å²) in [6.07, 6.45) is 2.09. The van der Waals surface area contributed by atoms with E-state index in [2.05, 4.69) is 212 Å². The Morgan fingerprint density at radius 1 is 0.610 bits per heavy atom. The Morgan fingerprint density at radius 3 is 1.98 bits per heavy atom. The third kappa shape index (κ3) is 5.68. The maximum atomic E-state index is 5.30. The van der Waals surface area contributed by atoms with Crippen molar-refractivity contribution in [3.05, 3.63) is 199 Å². The number of aromatic nitrogens is 4. The quantitative estimate of drug-likeness (QED) is 0.0949. The van der Waals surface area contributed by atoms with Crippen LogP contribution >= 0.6 is 11.8 Å². The number of imidazole rings is 1. The molecule has 0 N–H and O–H groups in total. The van der Waals surface area contributed by atoms with Crippen molar-refractivity contribution in [2.24, 2.45) is 7.05 Å². The van der Waals surface area contributed by atoms with Gasteiger partial charge in [-0.25, -0.2) is 4.98 Å². The number of hydrogen-bond acceptors (Lipinski definition) is 3. The van der Waals surface area contributed by atoms with Crippen LogP contribution in [0, 0.1) is 12.1 Å². The first kappa shape index (κ1) is 37.5. The van der Waals surface area contributed by atoms with Crippen LogP contribution in [-0.4, -0.2) is 27.2 Å². The molecule has 59 heavy (non-hydrogen) atoms. The molecule has 11 rings (SSSR count). The largest absolute Gasteiger partial charge is 2.00 e. The number of benzene rings is 7.